The van der Waals surface area contributed by atoms with Crippen LogP contribution in [0, 0.1) is 0 Å². The highest BCUT2D eigenvalue weighted by Gasteiger charge is 2.26. The van der Waals surface area contributed by atoms with Crippen LogP contribution in [0.2, 0.25) is 0 Å². The standard InChI is InChI=1S/C24H20N4OS2/c1-30-18-13-11-17(12-14-18)22-25-20-10-6-5-9-19(20)21-23(29-22)26-24(28-27-21)31-15-16-7-3-2-4-8-16/h2-14,22,25H,15H2,1H3/t22-/m1/s1. The molecule has 0 spiro atoms. The molecular formula is C24H20N4OS2. The third-order valence-electron chi connectivity index (χ3n) is 4.96. The molecule has 7 heteroatoms. The van der Waals surface area contributed by atoms with Crippen LogP contribution in [0.15, 0.2) is 88.9 Å². The van der Waals surface area contributed by atoms with Crippen molar-refractivity contribution in [3.63, 3.8) is 0 Å². The molecule has 31 heavy (non-hydrogen) atoms. The van der Waals surface area contributed by atoms with Gasteiger partial charge < -0.3 is 10.1 Å². The molecule has 0 aliphatic carbocycles. The fourth-order valence-corrected chi connectivity index (χ4v) is 4.50. The minimum Gasteiger partial charge on any atom is -0.448 e. The lowest BCUT2D eigenvalue weighted by atomic mass is 10.1. The van der Waals surface area contributed by atoms with Gasteiger partial charge in [-0.15, -0.1) is 22.0 Å². The first kappa shape index (κ1) is 19.9. The van der Waals surface area contributed by atoms with E-state index in [0.717, 1.165) is 22.6 Å². The number of hydrogen-bond donors (Lipinski definition) is 1. The maximum absolute atomic E-state index is 6.35. The van der Waals surface area contributed by atoms with Crippen molar-refractivity contribution >= 4 is 29.2 Å². The highest BCUT2D eigenvalue weighted by atomic mass is 32.2. The van der Waals surface area contributed by atoms with E-state index < -0.39 is 0 Å². The molecule has 1 aliphatic rings. The van der Waals surface area contributed by atoms with E-state index in [-0.39, 0.29) is 6.23 Å². The Hall–Kier alpha value is -3.03. The van der Waals surface area contributed by atoms with Gasteiger partial charge in [0.15, 0.2) is 11.9 Å². The number of thioether (sulfide) groups is 2. The number of fused-ring (bicyclic) bond motifs is 3. The molecule has 1 N–H and O–H groups in total. The van der Waals surface area contributed by atoms with Crippen molar-refractivity contribution in [1.82, 2.24) is 15.2 Å². The third-order valence-corrected chi connectivity index (χ3v) is 6.62. The summed E-state index contributed by atoms with van der Waals surface area (Å²) in [5.41, 5.74) is 4.76. The van der Waals surface area contributed by atoms with E-state index in [4.69, 9.17) is 9.72 Å². The highest BCUT2D eigenvalue weighted by molar-refractivity contribution is 7.98. The largest absolute Gasteiger partial charge is 0.448 e. The summed E-state index contributed by atoms with van der Waals surface area (Å²) in [5.74, 6) is 1.26. The molecule has 0 radical (unpaired) electrons. The smallest absolute Gasteiger partial charge is 0.247 e. The van der Waals surface area contributed by atoms with Crippen molar-refractivity contribution in [1.29, 1.82) is 0 Å². The maximum atomic E-state index is 6.35. The van der Waals surface area contributed by atoms with Gasteiger partial charge in [0, 0.05) is 27.5 Å². The van der Waals surface area contributed by atoms with Crippen molar-refractivity contribution in [3.8, 4) is 17.1 Å². The predicted octanol–water partition coefficient (Wildman–Crippen LogP) is 6.06. The first-order valence-electron chi connectivity index (χ1n) is 9.88. The number of rotatable bonds is 5. The Morgan fingerprint density at radius 1 is 0.903 bits per heavy atom. The van der Waals surface area contributed by atoms with E-state index >= 15 is 0 Å². The fourth-order valence-electron chi connectivity index (χ4n) is 3.36. The quantitative estimate of drug-likeness (QED) is 0.376. The van der Waals surface area contributed by atoms with Crippen LogP contribution in [0.4, 0.5) is 5.69 Å². The third kappa shape index (κ3) is 4.38. The topological polar surface area (TPSA) is 59.9 Å². The fraction of sp³-hybridized carbons (Fsp3) is 0.125. The first-order chi connectivity index (χ1) is 15.3. The summed E-state index contributed by atoms with van der Waals surface area (Å²) < 4.78 is 6.35. The second kappa shape index (κ2) is 8.99. The molecule has 0 amide bonds. The van der Waals surface area contributed by atoms with Crippen LogP contribution < -0.4 is 10.1 Å². The summed E-state index contributed by atoms with van der Waals surface area (Å²) in [6, 6.07) is 26.6. The number of nitrogens with one attached hydrogen (secondary N) is 1. The van der Waals surface area contributed by atoms with E-state index in [1.807, 2.05) is 42.5 Å². The molecule has 2 heterocycles. The zero-order valence-electron chi connectivity index (χ0n) is 16.9. The number of anilines is 1. The SMILES string of the molecule is CSc1ccc([C@@H]2Nc3ccccc3-c3nnc(SCc4ccccc4)nc3O2)cc1. The summed E-state index contributed by atoms with van der Waals surface area (Å²) >= 11 is 3.26. The van der Waals surface area contributed by atoms with E-state index in [1.165, 1.54) is 10.5 Å². The lowest BCUT2D eigenvalue weighted by Gasteiger charge is -2.19. The summed E-state index contributed by atoms with van der Waals surface area (Å²) in [5, 5.41) is 12.9. The number of para-hydroxylation sites is 1. The van der Waals surface area contributed by atoms with Crippen molar-refractivity contribution in [2.45, 2.75) is 22.0 Å². The Morgan fingerprint density at radius 2 is 1.68 bits per heavy atom. The van der Waals surface area contributed by atoms with Crippen LogP contribution in [0.1, 0.15) is 17.4 Å². The van der Waals surface area contributed by atoms with Crippen molar-refractivity contribution in [3.05, 3.63) is 90.0 Å². The average Bonchev–Trinajstić information content (AvgIpc) is 3.00. The summed E-state index contributed by atoms with van der Waals surface area (Å²) in [4.78, 5) is 5.93. The zero-order chi connectivity index (χ0) is 21.0. The molecule has 5 nitrogen and oxygen atoms in total. The lowest BCUT2D eigenvalue weighted by molar-refractivity contribution is 0.225. The minimum absolute atomic E-state index is 0.373. The van der Waals surface area contributed by atoms with Crippen LogP contribution in [0.25, 0.3) is 11.3 Å². The van der Waals surface area contributed by atoms with Crippen LogP contribution in [-0.4, -0.2) is 21.4 Å². The van der Waals surface area contributed by atoms with Gasteiger partial charge >= 0.3 is 0 Å². The molecule has 154 valence electrons. The minimum atomic E-state index is -0.373. The van der Waals surface area contributed by atoms with Crippen LogP contribution in [0.3, 0.4) is 0 Å². The van der Waals surface area contributed by atoms with Gasteiger partial charge in [-0.05, 0) is 30.0 Å². The number of benzene rings is 3. The molecule has 0 fully saturated rings. The van der Waals surface area contributed by atoms with E-state index in [0.29, 0.717) is 16.7 Å². The molecule has 0 saturated carbocycles. The number of ether oxygens (including phenoxy) is 1. The van der Waals surface area contributed by atoms with Gasteiger partial charge in [-0.3, -0.25) is 0 Å². The molecule has 1 atom stereocenters. The Kier molecular flexibility index (Phi) is 5.78. The van der Waals surface area contributed by atoms with Crippen molar-refractivity contribution in [2.24, 2.45) is 0 Å². The van der Waals surface area contributed by atoms with Gasteiger partial charge in [-0.25, -0.2) is 0 Å². The Labute approximate surface area is 189 Å². The average molecular weight is 445 g/mol. The van der Waals surface area contributed by atoms with Gasteiger partial charge in [-0.1, -0.05) is 72.4 Å². The van der Waals surface area contributed by atoms with Crippen LogP contribution in [0.5, 0.6) is 5.88 Å². The van der Waals surface area contributed by atoms with E-state index in [1.54, 1.807) is 23.5 Å². The van der Waals surface area contributed by atoms with Crippen molar-refractivity contribution < 1.29 is 4.74 Å². The summed E-state index contributed by atoms with van der Waals surface area (Å²) in [6.45, 7) is 0. The molecule has 0 saturated heterocycles. The summed E-state index contributed by atoms with van der Waals surface area (Å²) in [7, 11) is 0. The molecule has 0 unspecified atom stereocenters. The van der Waals surface area contributed by atoms with E-state index in [2.05, 4.69) is 58.2 Å². The number of aromatic nitrogens is 3. The second-order valence-corrected chi connectivity index (χ2v) is 8.81. The van der Waals surface area contributed by atoms with Crippen LogP contribution in [-0.2, 0) is 5.75 Å². The Balaban J connectivity index is 1.48. The van der Waals surface area contributed by atoms with Crippen LogP contribution >= 0.6 is 23.5 Å². The normalized spacial score (nSPS) is 14.5. The molecule has 3 aromatic carbocycles. The van der Waals surface area contributed by atoms with Gasteiger partial charge in [0.1, 0.15) is 0 Å². The first-order valence-corrected chi connectivity index (χ1v) is 12.1. The molecule has 5 rings (SSSR count). The molecule has 1 aliphatic heterocycles. The second-order valence-electron chi connectivity index (χ2n) is 6.98. The number of nitrogens with zero attached hydrogens (tertiary/aromatic N) is 3. The summed E-state index contributed by atoms with van der Waals surface area (Å²) in [6.07, 6.45) is 1.70. The maximum Gasteiger partial charge on any atom is 0.247 e. The van der Waals surface area contributed by atoms with E-state index in [9.17, 15) is 0 Å². The Morgan fingerprint density at radius 3 is 2.48 bits per heavy atom. The van der Waals surface area contributed by atoms with Gasteiger partial charge in [0.25, 0.3) is 0 Å². The zero-order valence-corrected chi connectivity index (χ0v) is 18.5. The van der Waals surface area contributed by atoms with Crippen molar-refractivity contribution in [2.75, 3.05) is 11.6 Å². The number of hydrogen-bond acceptors (Lipinski definition) is 7. The van der Waals surface area contributed by atoms with Gasteiger partial charge in [0.05, 0.1) is 0 Å². The van der Waals surface area contributed by atoms with Gasteiger partial charge in [-0.2, -0.15) is 4.98 Å². The monoisotopic (exact) mass is 444 g/mol. The Bertz CT molecular complexity index is 1190. The molecule has 1 aromatic heterocycles. The lowest BCUT2D eigenvalue weighted by Crippen LogP contribution is -2.17. The molecule has 0 bridgehead atoms. The molecular weight excluding hydrogens is 424 g/mol. The predicted molar refractivity (Wildman–Crippen MR) is 126 cm³/mol. The highest BCUT2D eigenvalue weighted by Crippen LogP contribution is 2.39. The molecule has 4 aromatic rings. The van der Waals surface area contributed by atoms with Gasteiger partial charge in [0.2, 0.25) is 11.0 Å².